The Morgan fingerprint density at radius 3 is 2.95 bits per heavy atom. The molecule has 1 aliphatic heterocycles. The largest absolute Gasteiger partial charge is 0.378 e. The lowest BCUT2D eigenvalue weighted by atomic mass is 9.97. The molecule has 1 aromatic rings. The molecule has 20 heavy (non-hydrogen) atoms. The highest BCUT2D eigenvalue weighted by Gasteiger charge is 2.18. The van der Waals surface area contributed by atoms with Crippen LogP contribution >= 0.6 is 0 Å². The third-order valence-electron chi connectivity index (χ3n) is 4.11. The molecule has 0 spiro atoms. The molecule has 2 atom stereocenters. The van der Waals surface area contributed by atoms with Gasteiger partial charge in [0.05, 0.1) is 6.10 Å². The second kappa shape index (κ2) is 8.37. The monoisotopic (exact) mass is 281 g/mol. The zero-order chi connectivity index (χ0) is 14.2. The molecule has 1 saturated heterocycles. The van der Waals surface area contributed by atoms with Gasteiger partial charge in [-0.3, -0.25) is 0 Å². The fourth-order valence-corrected chi connectivity index (χ4v) is 2.76. The number of hydrogen-bond donors (Lipinski definition) is 1. The van der Waals surface area contributed by atoms with E-state index in [1.54, 1.807) is 0 Å². The van der Waals surface area contributed by atoms with Gasteiger partial charge in [0.25, 0.3) is 0 Å². The zero-order valence-corrected chi connectivity index (χ0v) is 12.5. The molecule has 5 nitrogen and oxygen atoms in total. The first-order valence-corrected chi connectivity index (χ1v) is 7.95. The van der Waals surface area contributed by atoms with Crippen molar-refractivity contribution in [2.75, 3.05) is 13.2 Å². The van der Waals surface area contributed by atoms with Crippen molar-refractivity contribution in [2.45, 2.75) is 64.4 Å². The van der Waals surface area contributed by atoms with Crippen LogP contribution in [0.2, 0.25) is 0 Å². The van der Waals surface area contributed by atoms with Crippen LogP contribution in [0.4, 0.5) is 0 Å². The molecule has 5 heteroatoms. The van der Waals surface area contributed by atoms with Crippen molar-refractivity contribution in [1.82, 2.24) is 10.1 Å². The van der Waals surface area contributed by atoms with Crippen molar-refractivity contribution < 1.29 is 9.26 Å². The minimum atomic E-state index is 0.273. The van der Waals surface area contributed by atoms with E-state index in [2.05, 4.69) is 17.1 Å². The van der Waals surface area contributed by atoms with Gasteiger partial charge in [-0.15, -0.1) is 0 Å². The van der Waals surface area contributed by atoms with Crippen LogP contribution in [-0.4, -0.2) is 29.4 Å². The third kappa shape index (κ3) is 4.87. The summed E-state index contributed by atoms with van der Waals surface area (Å²) in [6, 6.07) is 0. The molecule has 0 radical (unpaired) electrons. The summed E-state index contributed by atoms with van der Waals surface area (Å²) in [5.74, 6) is 2.21. The van der Waals surface area contributed by atoms with Crippen molar-refractivity contribution in [1.29, 1.82) is 0 Å². The van der Waals surface area contributed by atoms with Crippen LogP contribution in [0.25, 0.3) is 0 Å². The van der Waals surface area contributed by atoms with Gasteiger partial charge < -0.3 is 15.0 Å². The molecular weight excluding hydrogens is 254 g/mol. The summed E-state index contributed by atoms with van der Waals surface area (Å²) in [7, 11) is 0. The second-order valence-electron chi connectivity index (χ2n) is 5.69. The summed E-state index contributed by atoms with van der Waals surface area (Å²) in [6.07, 6.45) is 8.75. The molecule has 2 unspecified atom stereocenters. The van der Waals surface area contributed by atoms with Gasteiger partial charge in [0, 0.05) is 19.4 Å². The third-order valence-corrected chi connectivity index (χ3v) is 4.11. The number of nitrogens with zero attached hydrogens (tertiary/aromatic N) is 2. The molecular formula is C15H27N3O2. The minimum absolute atomic E-state index is 0.273. The Morgan fingerprint density at radius 1 is 1.35 bits per heavy atom. The quantitative estimate of drug-likeness (QED) is 0.792. The molecule has 0 aromatic carbocycles. The van der Waals surface area contributed by atoms with Crippen molar-refractivity contribution >= 4 is 0 Å². The van der Waals surface area contributed by atoms with Crippen LogP contribution in [-0.2, 0) is 17.6 Å². The Morgan fingerprint density at radius 2 is 2.25 bits per heavy atom. The van der Waals surface area contributed by atoms with Gasteiger partial charge in [-0.05, 0) is 44.6 Å². The topological polar surface area (TPSA) is 74.2 Å². The van der Waals surface area contributed by atoms with Crippen LogP contribution in [0.15, 0.2) is 4.52 Å². The summed E-state index contributed by atoms with van der Waals surface area (Å²) in [4.78, 5) is 4.48. The number of aromatic nitrogens is 2. The van der Waals surface area contributed by atoms with Gasteiger partial charge in [-0.1, -0.05) is 18.5 Å². The number of nitrogens with two attached hydrogens (primary N) is 1. The van der Waals surface area contributed by atoms with Crippen LogP contribution in [0.1, 0.15) is 57.2 Å². The Kier molecular flexibility index (Phi) is 6.47. The molecule has 1 fully saturated rings. The SMILES string of the molecule is CCC(CCN)CCc1nc(CC2CCCCO2)no1. The predicted molar refractivity (Wildman–Crippen MR) is 77.4 cm³/mol. The van der Waals surface area contributed by atoms with Crippen molar-refractivity contribution in [3.05, 3.63) is 11.7 Å². The van der Waals surface area contributed by atoms with Crippen molar-refractivity contribution in [3.63, 3.8) is 0 Å². The van der Waals surface area contributed by atoms with E-state index in [1.165, 1.54) is 12.8 Å². The number of hydrogen-bond acceptors (Lipinski definition) is 5. The van der Waals surface area contributed by atoms with Crippen LogP contribution < -0.4 is 5.73 Å². The molecule has 0 aliphatic carbocycles. The first-order chi connectivity index (χ1) is 9.81. The van der Waals surface area contributed by atoms with E-state index >= 15 is 0 Å². The van der Waals surface area contributed by atoms with Crippen LogP contribution in [0.5, 0.6) is 0 Å². The molecule has 2 heterocycles. The average Bonchev–Trinajstić information content (AvgIpc) is 2.92. The van der Waals surface area contributed by atoms with Crippen molar-refractivity contribution in [2.24, 2.45) is 11.7 Å². The molecule has 0 saturated carbocycles. The minimum Gasteiger partial charge on any atom is -0.378 e. The predicted octanol–water partition coefficient (Wildman–Crippen LogP) is 2.49. The van der Waals surface area contributed by atoms with Crippen LogP contribution in [0, 0.1) is 5.92 Å². The summed E-state index contributed by atoms with van der Waals surface area (Å²) in [5, 5.41) is 4.07. The normalized spacial score (nSPS) is 21.0. The molecule has 1 aromatic heterocycles. The van der Waals surface area contributed by atoms with E-state index in [9.17, 15) is 0 Å². The maximum Gasteiger partial charge on any atom is 0.226 e. The number of rotatable bonds is 8. The molecule has 0 amide bonds. The summed E-state index contributed by atoms with van der Waals surface area (Å²) in [5.41, 5.74) is 5.62. The van der Waals surface area contributed by atoms with E-state index in [-0.39, 0.29) is 6.10 Å². The highest BCUT2D eigenvalue weighted by molar-refractivity contribution is 4.90. The van der Waals surface area contributed by atoms with Gasteiger partial charge >= 0.3 is 0 Å². The fourth-order valence-electron chi connectivity index (χ4n) is 2.76. The highest BCUT2D eigenvalue weighted by Crippen LogP contribution is 2.18. The van der Waals surface area contributed by atoms with E-state index in [0.29, 0.717) is 5.92 Å². The lowest BCUT2D eigenvalue weighted by Crippen LogP contribution is -2.21. The van der Waals surface area contributed by atoms with Gasteiger partial charge in [0.2, 0.25) is 5.89 Å². The maximum atomic E-state index is 5.70. The van der Waals surface area contributed by atoms with E-state index in [4.69, 9.17) is 15.0 Å². The van der Waals surface area contributed by atoms with Gasteiger partial charge in [0.15, 0.2) is 5.82 Å². The maximum absolute atomic E-state index is 5.70. The van der Waals surface area contributed by atoms with Gasteiger partial charge in [-0.2, -0.15) is 4.98 Å². The summed E-state index contributed by atoms with van der Waals surface area (Å²) < 4.78 is 11.0. The van der Waals surface area contributed by atoms with Crippen LogP contribution in [0.3, 0.4) is 0 Å². The standard InChI is InChI=1S/C15H27N3O2/c1-2-12(8-9-16)6-7-15-17-14(18-20-15)11-13-5-3-4-10-19-13/h12-13H,2-11,16H2,1H3. The van der Waals surface area contributed by atoms with E-state index in [0.717, 1.165) is 63.4 Å². The number of ether oxygens (including phenoxy) is 1. The van der Waals surface area contributed by atoms with Gasteiger partial charge in [-0.25, -0.2) is 0 Å². The lowest BCUT2D eigenvalue weighted by molar-refractivity contribution is 0.0153. The average molecular weight is 281 g/mol. The fraction of sp³-hybridized carbons (Fsp3) is 0.867. The molecule has 2 rings (SSSR count). The first kappa shape index (κ1) is 15.4. The van der Waals surface area contributed by atoms with E-state index < -0.39 is 0 Å². The Labute approximate surface area is 121 Å². The van der Waals surface area contributed by atoms with Gasteiger partial charge in [0.1, 0.15) is 0 Å². The Balaban J connectivity index is 1.76. The summed E-state index contributed by atoms with van der Waals surface area (Å²) in [6.45, 7) is 3.83. The Bertz CT molecular complexity index is 375. The highest BCUT2D eigenvalue weighted by atomic mass is 16.5. The van der Waals surface area contributed by atoms with Crippen molar-refractivity contribution in [3.8, 4) is 0 Å². The second-order valence-corrected chi connectivity index (χ2v) is 5.69. The molecule has 0 bridgehead atoms. The Hall–Kier alpha value is -0.940. The molecule has 114 valence electrons. The first-order valence-electron chi connectivity index (χ1n) is 7.95. The van der Waals surface area contributed by atoms with E-state index in [1.807, 2.05) is 0 Å². The smallest absolute Gasteiger partial charge is 0.226 e. The molecule has 1 aliphatic rings. The molecule has 2 N–H and O–H groups in total. The number of aryl methyl sites for hydroxylation is 1. The zero-order valence-electron chi connectivity index (χ0n) is 12.5. The lowest BCUT2D eigenvalue weighted by Gasteiger charge is -2.20. The summed E-state index contributed by atoms with van der Waals surface area (Å²) >= 11 is 0.